The average Bonchev–Trinajstić information content (AvgIpc) is 2.59. The number of aliphatic imine (C=N–C) groups is 1. The van der Waals surface area contributed by atoms with E-state index < -0.39 is 0 Å². The van der Waals surface area contributed by atoms with E-state index in [1.54, 1.807) is 0 Å². The number of methoxy groups -OCH3 is 1. The SMILES string of the molecule is CCNC(=NCc1ccccc1Cl)N1CCC(C(=O)OC)CC1. The molecule has 1 aliphatic rings. The molecule has 6 heteroatoms. The standard InChI is InChI=1S/C17H24ClN3O2/c1-3-19-17(20-12-14-6-4-5-7-15(14)18)21-10-8-13(9-11-21)16(22)23-2/h4-7,13H,3,8-12H2,1-2H3,(H,19,20). The van der Waals surface area contributed by atoms with Crippen LogP contribution in [0.15, 0.2) is 29.3 Å². The summed E-state index contributed by atoms with van der Waals surface area (Å²) in [4.78, 5) is 18.5. The van der Waals surface area contributed by atoms with Crippen molar-refractivity contribution in [3.63, 3.8) is 0 Å². The second-order valence-corrected chi connectivity index (χ2v) is 5.95. The van der Waals surface area contributed by atoms with E-state index in [0.717, 1.165) is 49.0 Å². The van der Waals surface area contributed by atoms with Crippen LogP contribution in [-0.2, 0) is 16.1 Å². The molecular formula is C17H24ClN3O2. The number of carbonyl (C=O) groups is 1. The van der Waals surface area contributed by atoms with Crippen molar-refractivity contribution in [2.75, 3.05) is 26.7 Å². The number of nitrogens with one attached hydrogen (secondary N) is 1. The van der Waals surface area contributed by atoms with Crippen molar-refractivity contribution in [2.45, 2.75) is 26.3 Å². The molecule has 0 aliphatic carbocycles. The Morgan fingerprint density at radius 2 is 2.09 bits per heavy atom. The molecule has 0 radical (unpaired) electrons. The number of likely N-dealkylation sites (tertiary alicyclic amines) is 1. The van der Waals surface area contributed by atoms with E-state index >= 15 is 0 Å². The molecule has 0 aromatic heterocycles. The fourth-order valence-corrected chi connectivity index (χ4v) is 2.90. The van der Waals surface area contributed by atoms with Gasteiger partial charge in [-0.25, -0.2) is 4.99 Å². The van der Waals surface area contributed by atoms with Crippen LogP contribution in [0.2, 0.25) is 5.02 Å². The molecule has 0 bridgehead atoms. The fraction of sp³-hybridized carbons (Fsp3) is 0.529. The zero-order chi connectivity index (χ0) is 16.7. The minimum Gasteiger partial charge on any atom is -0.469 e. The van der Waals surface area contributed by atoms with E-state index in [-0.39, 0.29) is 11.9 Å². The van der Waals surface area contributed by atoms with Crippen molar-refractivity contribution in [1.29, 1.82) is 0 Å². The lowest BCUT2D eigenvalue weighted by atomic mass is 9.97. The van der Waals surface area contributed by atoms with E-state index in [0.29, 0.717) is 6.54 Å². The normalized spacial score (nSPS) is 16.3. The van der Waals surface area contributed by atoms with E-state index in [9.17, 15) is 4.79 Å². The molecule has 23 heavy (non-hydrogen) atoms. The highest BCUT2D eigenvalue weighted by Crippen LogP contribution is 2.19. The Balaban J connectivity index is 2.00. The number of piperidine rings is 1. The molecule has 1 aromatic rings. The number of benzene rings is 1. The molecule has 1 heterocycles. The fourth-order valence-electron chi connectivity index (χ4n) is 2.71. The van der Waals surface area contributed by atoms with Gasteiger partial charge in [-0.05, 0) is 31.4 Å². The first-order chi connectivity index (χ1) is 11.2. The van der Waals surface area contributed by atoms with E-state index in [1.807, 2.05) is 31.2 Å². The number of hydrogen-bond acceptors (Lipinski definition) is 3. The molecule has 0 amide bonds. The maximum atomic E-state index is 11.6. The summed E-state index contributed by atoms with van der Waals surface area (Å²) in [6.07, 6.45) is 1.59. The van der Waals surface area contributed by atoms with E-state index in [4.69, 9.17) is 16.3 Å². The number of rotatable bonds is 4. The molecule has 5 nitrogen and oxygen atoms in total. The average molecular weight is 338 g/mol. The van der Waals surface area contributed by atoms with Gasteiger partial charge in [-0.3, -0.25) is 4.79 Å². The van der Waals surface area contributed by atoms with Crippen molar-refractivity contribution < 1.29 is 9.53 Å². The molecule has 1 saturated heterocycles. The molecule has 2 rings (SSSR count). The summed E-state index contributed by atoms with van der Waals surface area (Å²) in [6.45, 7) is 4.99. The molecule has 126 valence electrons. The lowest BCUT2D eigenvalue weighted by molar-refractivity contribution is -0.146. The minimum atomic E-state index is -0.109. The van der Waals surface area contributed by atoms with Crippen LogP contribution >= 0.6 is 11.6 Å². The Morgan fingerprint density at radius 3 is 2.70 bits per heavy atom. The van der Waals surface area contributed by atoms with Crippen LogP contribution < -0.4 is 5.32 Å². The number of nitrogens with zero attached hydrogens (tertiary/aromatic N) is 2. The lowest BCUT2D eigenvalue weighted by Gasteiger charge is -2.33. The van der Waals surface area contributed by atoms with Crippen molar-refractivity contribution in [3.05, 3.63) is 34.9 Å². The van der Waals surface area contributed by atoms with Gasteiger partial charge in [0.15, 0.2) is 5.96 Å². The first-order valence-corrected chi connectivity index (χ1v) is 8.38. The number of ether oxygens (including phenoxy) is 1. The molecular weight excluding hydrogens is 314 g/mol. The number of guanidine groups is 1. The summed E-state index contributed by atoms with van der Waals surface area (Å²) in [6, 6.07) is 7.74. The van der Waals surface area contributed by atoms with Gasteiger partial charge in [-0.15, -0.1) is 0 Å². The summed E-state index contributed by atoms with van der Waals surface area (Å²) in [5.41, 5.74) is 1.01. The molecule has 1 N–H and O–H groups in total. The quantitative estimate of drug-likeness (QED) is 0.521. The molecule has 1 aromatic carbocycles. The summed E-state index contributed by atoms with van der Waals surface area (Å²) < 4.78 is 4.83. The molecule has 1 fully saturated rings. The third-order valence-electron chi connectivity index (χ3n) is 4.02. The first kappa shape index (κ1) is 17.6. The maximum Gasteiger partial charge on any atom is 0.308 e. The zero-order valence-corrected chi connectivity index (χ0v) is 14.5. The van der Waals surface area contributed by atoms with Gasteiger partial charge < -0.3 is 15.0 Å². The summed E-state index contributed by atoms with van der Waals surface area (Å²) in [5, 5.41) is 4.05. The Kier molecular flexibility index (Phi) is 6.71. The topological polar surface area (TPSA) is 53.9 Å². The monoisotopic (exact) mass is 337 g/mol. The highest BCUT2D eigenvalue weighted by molar-refractivity contribution is 6.31. The predicted octanol–water partition coefficient (Wildman–Crippen LogP) is 2.69. The van der Waals surface area contributed by atoms with Gasteiger partial charge in [-0.2, -0.15) is 0 Å². The van der Waals surface area contributed by atoms with Crippen LogP contribution in [0.4, 0.5) is 0 Å². The molecule has 1 aliphatic heterocycles. The summed E-state index contributed by atoms with van der Waals surface area (Å²) in [7, 11) is 1.45. The number of hydrogen-bond donors (Lipinski definition) is 1. The van der Waals surface area contributed by atoms with Crippen molar-refractivity contribution in [2.24, 2.45) is 10.9 Å². The van der Waals surface area contributed by atoms with Gasteiger partial charge in [0.2, 0.25) is 0 Å². The maximum absolute atomic E-state index is 11.6. The second-order valence-electron chi connectivity index (χ2n) is 5.55. The smallest absolute Gasteiger partial charge is 0.308 e. The minimum absolute atomic E-state index is 0.00249. The third kappa shape index (κ3) is 4.86. The van der Waals surface area contributed by atoms with Gasteiger partial charge in [0.1, 0.15) is 0 Å². The summed E-state index contributed by atoms with van der Waals surface area (Å²) in [5.74, 6) is 0.765. The highest BCUT2D eigenvalue weighted by atomic mass is 35.5. The Morgan fingerprint density at radius 1 is 1.39 bits per heavy atom. The predicted molar refractivity (Wildman–Crippen MR) is 92.6 cm³/mol. The van der Waals surface area contributed by atoms with Crippen LogP contribution in [0, 0.1) is 5.92 Å². The lowest BCUT2D eigenvalue weighted by Crippen LogP contribution is -2.46. The number of carbonyl (C=O) groups excluding carboxylic acids is 1. The van der Waals surface area contributed by atoms with E-state index in [2.05, 4.69) is 15.2 Å². The van der Waals surface area contributed by atoms with Gasteiger partial charge in [0.05, 0.1) is 19.6 Å². The Labute approximate surface area is 142 Å². The number of halogens is 1. The Bertz CT molecular complexity index is 555. The molecule has 0 atom stereocenters. The molecule has 0 spiro atoms. The van der Waals surface area contributed by atoms with Crippen LogP contribution in [0.25, 0.3) is 0 Å². The highest BCUT2D eigenvalue weighted by Gasteiger charge is 2.26. The van der Waals surface area contributed by atoms with Gasteiger partial charge >= 0.3 is 5.97 Å². The van der Waals surface area contributed by atoms with Gasteiger partial charge in [0, 0.05) is 24.7 Å². The van der Waals surface area contributed by atoms with Crippen molar-refractivity contribution in [1.82, 2.24) is 10.2 Å². The Hall–Kier alpha value is -1.75. The second kappa shape index (κ2) is 8.77. The first-order valence-electron chi connectivity index (χ1n) is 8.00. The number of esters is 1. The van der Waals surface area contributed by atoms with E-state index in [1.165, 1.54) is 7.11 Å². The van der Waals surface area contributed by atoms with Crippen LogP contribution in [0.3, 0.4) is 0 Å². The largest absolute Gasteiger partial charge is 0.469 e. The van der Waals surface area contributed by atoms with Crippen LogP contribution in [0.1, 0.15) is 25.3 Å². The summed E-state index contributed by atoms with van der Waals surface area (Å²) >= 11 is 6.19. The van der Waals surface area contributed by atoms with Gasteiger partial charge in [-0.1, -0.05) is 29.8 Å². The van der Waals surface area contributed by atoms with Crippen LogP contribution in [-0.4, -0.2) is 43.6 Å². The zero-order valence-electron chi connectivity index (χ0n) is 13.7. The third-order valence-corrected chi connectivity index (χ3v) is 4.39. The molecule has 0 saturated carbocycles. The molecule has 0 unspecified atom stereocenters. The van der Waals surface area contributed by atoms with Gasteiger partial charge in [0.25, 0.3) is 0 Å². The van der Waals surface area contributed by atoms with Crippen LogP contribution in [0.5, 0.6) is 0 Å². The van der Waals surface area contributed by atoms with Crippen molar-refractivity contribution >= 4 is 23.5 Å². The van der Waals surface area contributed by atoms with Crippen molar-refractivity contribution in [3.8, 4) is 0 Å².